The number of sulfone groups is 1. The Bertz CT molecular complexity index is 1400. The fourth-order valence-corrected chi connectivity index (χ4v) is 5.68. The van der Waals surface area contributed by atoms with Crippen LogP contribution in [0.1, 0.15) is 5.56 Å². The number of ether oxygens (including phenoxy) is 1. The number of hydrogen-bond donors (Lipinski definition) is 0. The number of benzene rings is 1. The average Bonchev–Trinajstić information content (AvgIpc) is 3.15. The molecule has 0 radical (unpaired) electrons. The molecule has 0 amide bonds. The molecule has 0 aliphatic carbocycles. The van der Waals surface area contributed by atoms with Crippen LogP contribution in [0.25, 0.3) is 32.0 Å². The van der Waals surface area contributed by atoms with Crippen LogP contribution in [-0.4, -0.2) is 61.1 Å². The highest BCUT2D eigenvalue weighted by Crippen LogP contribution is 2.42. The zero-order chi connectivity index (χ0) is 22.3. The van der Waals surface area contributed by atoms with Crippen LogP contribution in [0.5, 0.6) is 0 Å². The van der Waals surface area contributed by atoms with Crippen molar-refractivity contribution in [1.29, 1.82) is 0 Å². The molecule has 4 aromatic rings. The molecule has 0 unspecified atom stereocenters. The first-order chi connectivity index (χ1) is 15.4. The predicted molar refractivity (Wildman–Crippen MR) is 125 cm³/mol. The zero-order valence-electron chi connectivity index (χ0n) is 17.6. The van der Waals surface area contributed by atoms with Crippen LogP contribution in [-0.2, 0) is 14.6 Å². The van der Waals surface area contributed by atoms with Crippen molar-refractivity contribution >= 4 is 37.2 Å². The van der Waals surface area contributed by atoms with E-state index in [2.05, 4.69) is 15.1 Å². The topological polar surface area (TPSA) is 98.2 Å². The number of anilines is 1. The smallest absolute Gasteiger partial charge is 0.175 e. The Morgan fingerprint density at radius 3 is 2.59 bits per heavy atom. The van der Waals surface area contributed by atoms with E-state index in [0.29, 0.717) is 23.9 Å². The third-order valence-corrected chi connectivity index (χ3v) is 7.86. The summed E-state index contributed by atoms with van der Waals surface area (Å²) in [5.74, 6) is 1.45. The lowest BCUT2D eigenvalue weighted by molar-refractivity contribution is 0.122. The summed E-state index contributed by atoms with van der Waals surface area (Å²) < 4.78 is 30.7. The summed E-state index contributed by atoms with van der Waals surface area (Å²) in [4.78, 5) is 13.3. The van der Waals surface area contributed by atoms with Crippen molar-refractivity contribution in [3.8, 4) is 21.8 Å². The maximum absolute atomic E-state index is 12.1. The van der Waals surface area contributed by atoms with Crippen LogP contribution in [0.15, 0.2) is 47.6 Å². The van der Waals surface area contributed by atoms with E-state index in [9.17, 15) is 8.42 Å². The van der Waals surface area contributed by atoms with Gasteiger partial charge in [0.2, 0.25) is 0 Å². The molecule has 1 fully saturated rings. The average molecular weight is 468 g/mol. The number of thiophene rings is 1. The SMILES string of the molecule is Cc1c(-c2cccc(S(C)(=O)=O)c2)sc2c(N3CCOCC3)nc(-c3ccnnc3)nc12. The van der Waals surface area contributed by atoms with Gasteiger partial charge in [-0.1, -0.05) is 12.1 Å². The molecule has 164 valence electrons. The number of aryl methyl sites for hydroxylation is 1. The molecule has 0 saturated carbocycles. The molecular formula is C22H21N5O3S2. The summed E-state index contributed by atoms with van der Waals surface area (Å²) in [6.45, 7) is 4.80. The van der Waals surface area contributed by atoms with Crippen LogP contribution in [0, 0.1) is 6.92 Å². The molecule has 4 heterocycles. The summed E-state index contributed by atoms with van der Waals surface area (Å²) >= 11 is 1.59. The van der Waals surface area contributed by atoms with Gasteiger partial charge in [-0.3, -0.25) is 0 Å². The molecule has 1 saturated heterocycles. The van der Waals surface area contributed by atoms with Gasteiger partial charge in [-0.15, -0.1) is 11.3 Å². The summed E-state index contributed by atoms with van der Waals surface area (Å²) in [6, 6.07) is 8.90. The van der Waals surface area contributed by atoms with E-state index in [4.69, 9.17) is 14.7 Å². The molecule has 0 bridgehead atoms. The first kappa shape index (κ1) is 20.9. The molecular weight excluding hydrogens is 446 g/mol. The second kappa shape index (κ2) is 8.19. The molecule has 8 nitrogen and oxygen atoms in total. The highest BCUT2D eigenvalue weighted by atomic mass is 32.2. The number of fused-ring (bicyclic) bond motifs is 1. The van der Waals surface area contributed by atoms with Gasteiger partial charge in [0.15, 0.2) is 21.5 Å². The molecule has 3 aromatic heterocycles. The predicted octanol–water partition coefficient (Wildman–Crippen LogP) is 3.36. The molecule has 10 heteroatoms. The summed E-state index contributed by atoms with van der Waals surface area (Å²) in [7, 11) is -3.30. The van der Waals surface area contributed by atoms with E-state index in [1.165, 1.54) is 6.26 Å². The largest absolute Gasteiger partial charge is 0.378 e. The van der Waals surface area contributed by atoms with E-state index < -0.39 is 9.84 Å². The lowest BCUT2D eigenvalue weighted by Gasteiger charge is -2.28. The van der Waals surface area contributed by atoms with Crippen molar-refractivity contribution < 1.29 is 13.2 Å². The monoisotopic (exact) mass is 467 g/mol. The Morgan fingerprint density at radius 2 is 1.88 bits per heavy atom. The zero-order valence-corrected chi connectivity index (χ0v) is 19.3. The molecule has 1 aliphatic rings. The van der Waals surface area contributed by atoms with Crippen LogP contribution in [0.3, 0.4) is 0 Å². The number of nitrogens with zero attached hydrogens (tertiary/aromatic N) is 5. The molecule has 0 spiro atoms. The van der Waals surface area contributed by atoms with E-state index in [1.54, 1.807) is 41.9 Å². The van der Waals surface area contributed by atoms with Gasteiger partial charge < -0.3 is 9.64 Å². The number of hydrogen-bond acceptors (Lipinski definition) is 9. The molecule has 1 aromatic carbocycles. The Kier molecular flexibility index (Phi) is 5.36. The molecule has 5 rings (SSSR count). The van der Waals surface area contributed by atoms with Gasteiger partial charge in [0, 0.05) is 29.8 Å². The highest BCUT2D eigenvalue weighted by molar-refractivity contribution is 7.90. The Labute approximate surface area is 189 Å². The highest BCUT2D eigenvalue weighted by Gasteiger charge is 2.23. The van der Waals surface area contributed by atoms with Gasteiger partial charge in [-0.05, 0) is 36.2 Å². The van der Waals surface area contributed by atoms with Crippen molar-refractivity contribution in [3.05, 3.63) is 48.3 Å². The molecule has 32 heavy (non-hydrogen) atoms. The lowest BCUT2D eigenvalue weighted by Crippen LogP contribution is -2.36. The van der Waals surface area contributed by atoms with Crippen LogP contribution in [0.4, 0.5) is 5.82 Å². The maximum atomic E-state index is 12.1. The Hall–Kier alpha value is -2.95. The minimum atomic E-state index is -3.30. The summed E-state index contributed by atoms with van der Waals surface area (Å²) in [5.41, 5.74) is 3.50. The van der Waals surface area contributed by atoms with Crippen molar-refractivity contribution in [2.24, 2.45) is 0 Å². The first-order valence-electron chi connectivity index (χ1n) is 10.1. The van der Waals surface area contributed by atoms with Gasteiger partial charge in [0.05, 0.1) is 40.7 Å². The van der Waals surface area contributed by atoms with E-state index in [0.717, 1.165) is 50.7 Å². The normalized spacial score (nSPS) is 14.8. The third kappa shape index (κ3) is 3.85. The summed E-state index contributed by atoms with van der Waals surface area (Å²) in [6.07, 6.45) is 4.50. The van der Waals surface area contributed by atoms with Gasteiger partial charge >= 0.3 is 0 Å². The minimum Gasteiger partial charge on any atom is -0.378 e. The van der Waals surface area contributed by atoms with Crippen LogP contribution in [0.2, 0.25) is 0 Å². The molecule has 0 atom stereocenters. The fourth-order valence-electron chi connectivity index (χ4n) is 3.76. The van der Waals surface area contributed by atoms with Crippen molar-refractivity contribution in [2.75, 3.05) is 37.5 Å². The van der Waals surface area contributed by atoms with Crippen molar-refractivity contribution in [3.63, 3.8) is 0 Å². The second-order valence-corrected chi connectivity index (χ2v) is 10.7. The van der Waals surface area contributed by atoms with E-state index in [-0.39, 0.29) is 0 Å². The Balaban J connectivity index is 1.73. The first-order valence-corrected chi connectivity index (χ1v) is 12.8. The lowest BCUT2D eigenvalue weighted by atomic mass is 10.1. The summed E-state index contributed by atoms with van der Waals surface area (Å²) in [5, 5.41) is 7.83. The van der Waals surface area contributed by atoms with Crippen LogP contribution >= 0.6 is 11.3 Å². The number of rotatable bonds is 4. The van der Waals surface area contributed by atoms with Crippen molar-refractivity contribution in [2.45, 2.75) is 11.8 Å². The van der Waals surface area contributed by atoms with Crippen LogP contribution < -0.4 is 4.90 Å². The van der Waals surface area contributed by atoms with Crippen molar-refractivity contribution in [1.82, 2.24) is 20.2 Å². The Morgan fingerprint density at radius 1 is 1.06 bits per heavy atom. The van der Waals surface area contributed by atoms with Gasteiger partial charge in [0.1, 0.15) is 0 Å². The van der Waals surface area contributed by atoms with Gasteiger partial charge in [-0.25, -0.2) is 18.4 Å². The number of morpholine rings is 1. The third-order valence-electron chi connectivity index (χ3n) is 5.43. The molecule has 0 N–H and O–H groups in total. The second-order valence-electron chi connectivity index (χ2n) is 7.64. The fraction of sp³-hybridized carbons (Fsp3) is 0.273. The van der Waals surface area contributed by atoms with Gasteiger partial charge in [-0.2, -0.15) is 10.2 Å². The quantitative estimate of drug-likeness (QED) is 0.451. The molecule has 1 aliphatic heterocycles. The minimum absolute atomic E-state index is 0.301. The van der Waals surface area contributed by atoms with E-state index in [1.807, 2.05) is 19.1 Å². The maximum Gasteiger partial charge on any atom is 0.175 e. The standard InChI is InChI=1S/C22H21N5O3S2/c1-14-18-20(31-19(14)15-4-3-5-17(12-15)32(2,28)29)22(27-8-10-30-11-9-27)26-21(25-18)16-6-7-23-24-13-16/h3-7,12-13H,8-11H2,1-2H3. The van der Waals surface area contributed by atoms with Gasteiger partial charge in [0.25, 0.3) is 0 Å². The number of aromatic nitrogens is 4. The van der Waals surface area contributed by atoms with E-state index >= 15 is 0 Å².